The van der Waals surface area contributed by atoms with Gasteiger partial charge in [0.25, 0.3) is 5.91 Å². The van der Waals surface area contributed by atoms with Crippen LogP contribution in [0.5, 0.6) is 0 Å². The molecule has 172 valence electrons. The molecule has 3 heterocycles. The summed E-state index contributed by atoms with van der Waals surface area (Å²) in [6.45, 7) is 9.71. The highest BCUT2D eigenvalue weighted by Gasteiger charge is 2.34. The van der Waals surface area contributed by atoms with Gasteiger partial charge in [0.15, 0.2) is 0 Å². The van der Waals surface area contributed by atoms with Crippen molar-refractivity contribution in [2.75, 3.05) is 36.5 Å². The number of nitrogens with zero attached hydrogens (tertiary/aromatic N) is 2. The van der Waals surface area contributed by atoms with E-state index in [9.17, 15) is 9.59 Å². The number of hydrogen-bond acceptors (Lipinski definition) is 6. The van der Waals surface area contributed by atoms with Crippen molar-refractivity contribution in [3.05, 3.63) is 45.8 Å². The van der Waals surface area contributed by atoms with Gasteiger partial charge in [-0.1, -0.05) is 26.0 Å². The summed E-state index contributed by atoms with van der Waals surface area (Å²) < 4.78 is 5.14. The van der Waals surface area contributed by atoms with Gasteiger partial charge in [0.1, 0.15) is 11.2 Å². The Labute approximate surface area is 193 Å². The minimum atomic E-state index is -0.292. The number of hydrogen-bond donors (Lipinski definition) is 2. The molecule has 4 rings (SSSR count). The Morgan fingerprint density at radius 3 is 2.53 bits per heavy atom. The highest BCUT2D eigenvalue weighted by molar-refractivity contribution is 7.16. The van der Waals surface area contributed by atoms with Gasteiger partial charge in [-0.05, 0) is 49.4 Å². The molecule has 0 radical (unpaired) electrons. The highest BCUT2D eigenvalue weighted by Crippen LogP contribution is 2.41. The Kier molecular flexibility index (Phi) is 6.89. The van der Waals surface area contributed by atoms with Crippen LogP contribution >= 0.6 is 11.3 Å². The van der Waals surface area contributed by atoms with Crippen molar-refractivity contribution < 1.29 is 14.3 Å². The van der Waals surface area contributed by atoms with Crippen LogP contribution in [0.1, 0.15) is 66.1 Å². The lowest BCUT2D eigenvalue weighted by molar-refractivity contribution is 0.0934. The maximum absolute atomic E-state index is 13.0. The Balaban J connectivity index is 1.51. The van der Waals surface area contributed by atoms with Crippen molar-refractivity contribution in [3.8, 4) is 0 Å². The van der Waals surface area contributed by atoms with Crippen molar-refractivity contribution in [2.45, 2.75) is 52.7 Å². The molecule has 0 aliphatic carbocycles. The fourth-order valence-electron chi connectivity index (χ4n) is 4.44. The second-order valence-corrected chi connectivity index (χ2v) is 9.31. The summed E-state index contributed by atoms with van der Waals surface area (Å²) in [4.78, 5) is 30.3. The molecule has 2 aromatic rings. The van der Waals surface area contributed by atoms with E-state index in [1.807, 2.05) is 6.92 Å². The van der Waals surface area contributed by atoms with Gasteiger partial charge in [-0.3, -0.25) is 4.79 Å². The lowest BCUT2D eigenvalue weighted by Gasteiger charge is -2.29. The molecule has 7 nitrogen and oxygen atoms in total. The summed E-state index contributed by atoms with van der Waals surface area (Å²) in [7, 11) is 0. The molecule has 2 amide bonds. The number of rotatable bonds is 7. The van der Waals surface area contributed by atoms with E-state index >= 15 is 0 Å². The van der Waals surface area contributed by atoms with E-state index in [1.54, 1.807) is 16.2 Å². The number of anilines is 2. The van der Waals surface area contributed by atoms with E-state index in [0.29, 0.717) is 26.1 Å². The first kappa shape index (κ1) is 22.5. The van der Waals surface area contributed by atoms with Crippen LogP contribution in [0, 0.1) is 0 Å². The number of amides is 2. The molecule has 2 N–H and O–H groups in total. The van der Waals surface area contributed by atoms with Gasteiger partial charge in [0.05, 0.1) is 18.7 Å². The van der Waals surface area contributed by atoms with E-state index in [0.717, 1.165) is 52.5 Å². The topological polar surface area (TPSA) is 73.9 Å². The molecule has 1 aromatic heterocycles. The van der Waals surface area contributed by atoms with Crippen molar-refractivity contribution in [2.24, 2.45) is 0 Å². The summed E-state index contributed by atoms with van der Waals surface area (Å²) in [5.41, 5.74) is 4.03. The maximum Gasteiger partial charge on any atom is 0.410 e. The molecule has 0 saturated carbocycles. The molecule has 2 aliphatic heterocycles. The average Bonchev–Trinajstić information content (AvgIpc) is 3.17. The van der Waals surface area contributed by atoms with E-state index in [2.05, 4.69) is 53.6 Å². The van der Waals surface area contributed by atoms with Gasteiger partial charge in [-0.2, -0.15) is 0 Å². The monoisotopic (exact) mass is 456 g/mol. The van der Waals surface area contributed by atoms with Gasteiger partial charge in [-0.15, -0.1) is 11.3 Å². The first-order valence-corrected chi connectivity index (χ1v) is 12.4. The minimum Gasteiger partial charge on any atom is -0.450 e. The first-order chi connectivity index (χ1) is 15.5. The molecule has 32 heavy (non-hydrogen) atoms. The predicted molar refractivity (Wildman–Crippen MR) is 129 cm³/mol. The van der Waals surface area contributed by atoms with Crippen molar-refractivity contribution in [1.82, 2.24) is 10.2 Å². The molecule has 8 heteroatoms. The zero-order chi connectivity index (χ0) is 22.7. The van der Waals surface area contributed by atoms with Crippen molar-refractivity contribution in [3.63, 3.8) is 0 Å². The van der Waals surface area contributed by atoms with Gasteiger partial charge >= 0.3 is 6.09 Å². The zero-order valence-corrected chi connectivity index (χ0v) is 19.9. The van der Waals surface area contributed by atoms with Crippen LogP contribution in [0.15, 0.2) is 24.3 Å². The van der Waals surface area contributed by atoms with Crippen LogP contribution in [-0.2, 0) is 17.7 Å². The molecule has 0 saturated heterocycles. The van der Waals surface area contributed by atoms with Crippen LogP contribution in [0.3, 0.4) is 0 Å². The molecule has 0 unspecified atom stereocenters. The van der Waals surface area contributed by atoms with Gasteiger partial charge in [0.2, 0.25) is 0 Å². The Morgan fingerprint density at radius 1 is 1.16 bits per heavy atom. The lowest BCUT2D eigenvalue weighted by atomic mass is 10.0. The van der Waals surface area contributed by atoms with Crippen LogP contribution < -0.4 is 15.5 Å². The molecule has 0 spiro atoms. The molecular weight excluding hydrogens is 424 g/mol. The summed E-state index contributed by atoms with van der Waals surface area (Å²) in [6.07, 6.45) is 2.33. The molecule has 1 atom stereocenters. The SMILES string of the molecule is CCCN(CCC)c1ccc([C@@H]2NC(=O)c3c(sc4c3CCN(C(=O)OCC)C4)N2)cc1. The third-order valence-electron chi connectivity index (χ3n) is 5.94. The summed E-state index contributed by atoms with van der Waals surface area (Å²) in [5.74, 6) is -0.0477. The third-order valence-corrected chi connectivity index (χ3v) is 7.09. The Bertz CT molecular complexity index is 966. The number of fused-ring (bicyclic) bond motifs is 3. The fraction of sp³-hybridized carbons (Fsp3) is 0.500. The number of thiophene rings is 1. The largest absolute Gasteiger partial charge is 0.450 e. The molecule has 0 fully saturated rings. The number of carbonyl (C=O) groups is 2. The average molecular weight is 457 g/mol. The van der Waals surface area contributed by atoms with Crippen LogP contribution in [0.4, 0.5) is 15.5 Å². The number of nitrogens with one attached hydrogen (secondary N) is 2. The summed E-state index contributed by atoms with van der Waals surface area (Å²) in [6, 6.07) is 8.46. The van der Waals surface area contributed by atoms with Crippen LogP contribution in [-0.4, -0.2) is 43.1 Å². The zero-order valence-electron chi connectivity index (χ0n) is 19.1. The first-order valence-electron chi connectivity index (χ1n) is 11.5. The molecular formula is C24H32N4O3S. The highest BCUT2D eigenvalue weighted by atomic mass is 32.1. The third kappa shape index (κ3) is 4.41. The van der Waals surface area contributed by atoms with E-state index in [1.165, 1.54) is 5.69 Å². The second kappa shape index (κ2) is 9.81. The summed E-state index contributed by atoms with van der Waals surface area (Å²) >= 11 is 1.57. The van der Waals surface area contributed by atoms with Crippen molar-refractivity contribution >= 4 is 34.0 Å². The van der Waals surface area contributed by atoms with Crippen molar-refractivity contribution in [1.29, 1.82) is 0 Å². The Morgan fingerprint density at radius 2 is 1.88 bits per heavy atom. The molecule has 2 aliphatic rings. The van der Waals surface area contributed by atoms with E-state index in [4.69, 9.17) is 4.74 Å². The number of ether oxygens (including phenoxy) is 1. The fourth-order valence-corrected chi connectivity index (χ4v) is 5.73. The maximum atomic E-state index is 13.0. The normalized spacial score (nSPS) is 17.2. The standard InChI is InChI=1S/C24H32N4O3S/c1-4-12-27(13-5-2)17-9-7-16(8-10-17)21-25-22(29)20-18-11-14-28(24(30)31-6-3)15-19(18)32-23(20)26-21/h7-10,21,26H,4-6,11-15H2,1-3H3,(H,25,29)/t21-/m1/s1. The summed E-state index contributed by atoms with van der Waals surface area (Å²) in [5, 5.41) is 7.51. The minimum absolute atomic E-state index is 0.0477. The number of benzene rings is 1. The van der Waals surface area contributed by atoms with Crippen LogP contribution in [0.25, 0.3) is 0 Å². The van der Waals surface area contributed by atoms with Gasteiger partial charge < -0.3 is 25.2 Å². The number of carbonyl (C=O) groups excluding carboxylic acids is 2. The Hall–Kier alpha value is -2.74. The predicted octanol–water partition coefficient (Wildman–Crippen LogP) is 4.74. The van der Waals surface area contributed by atoms with Gasteiger partial charge in [0, 0.05) is 30.2 Å². The lowest BCUT2D eigenvalue weighted by Crippen LogP contribution is -2.39. The molecule has 1 aromatic carbocycles. The smallest absolute Gasteiger partial charge is 0.410 e. The quantitative estimate of drug-likeness (QED) is 0.629. The molecule has 0 bridgehead atoms. The van der Waals surface area contributed by atoms with E-state index in [-0.39, 0.29) is 18.2 Å². The second-order valence-electron chi connectivity index (χ2n) is 8.21. The van der Waals surface area contributed by atoms with E-state index < -0.39 is 0 Å². The van der Waals surface area contributed by atoms with Crippen LogP contribution in [0.2, 0.25) is 0 Å². The van der Waals surface area contributed by atoms with Gasteiger partial charge in [-0.25, -0.2) is 4.79 Å².